The molecule has 23 heavy (non-hydrogen) atoms. The van der Waals surface area contributed by atoms with Gasteiger partial charge in [0, 0.05) is 11.6 Å². The number of anilines is 1. The van der Waals surface area contributed by atoms with E-state index in [9.17, 15) is 4.79 Å². The maximum absolute atomic E-state index is 12.2. The van der Waals surface area contributed by atoms with Crippen LogP contribution in [0, 0.1) is 11.3 Å². The third-order valence-electron chi connectivity index (χ3n) is 3.45. The van der Waals surface area contributed by atoms with E-state index in [0.29, 0.717) is 27.3 Å². The number of aromatic amines is 1. The van der Waals surface area contributed by atoms with E-state index in [1.54, 1.807) is 25.1 Å². The molecule has 0 aliphatic heterocycles. The van der Waals surface area contributed by atoms with Gasteiger partial charge in [-0.2, -0.15) is 5.26 Å². The molecule has 1 amide bonds. The van der Waals surface area contributed by atoms with E-state index in [1.807, 2.05) is 6.07 Å². The Morgan fingerprint density at radius 1 is 1.57 bits per heavy atom. The molecule has 3 rings (SSSR count). The second-order valence-corrected chi connectivity index (χ2v) is 7.05. The summed E-state index contributed by atoms with van der Waals surface area (Å²) in [5, 5.41) is 19.2. The summed E-state index contributed by atoms with van der Waals surface area (Å²) in [7, 11) is 0. The van der Waals surface area contributed by atoms with Crippen molar-refractivity contribution < 1.29 is 4.79 Å². The first-order valence-corrected chi connectivity index (χ1v) is 8.42. The number of halogens is 1. The van der Waals surface area contributed by atoms with E-state index in [2.05, 4.69) is 20.5 Å². The SMILES string of the molecule is C[C@@H](Sc1n[nH]c(C2CC2)n1)C(=O)Nc1ccc(C#N)c(Cl)c1. The molecule has 1 aromatic heterocycles. The normalized spacial score (nSPS) is 15.0. The van der Waals surface area contributed by atoms with Crippen LogP contribution in [0.5, 0.6) is 0 Å². The molecule has 118 valence electrons. The quantitative estimate of drug-likeness (QED) is 0.809. The minimum Gasteiger partial charge on any atom is -0.325 e. The lowest BCUT2D eigenvalue weighted by Gasteiger charge is -2.10. The number of thioether (sulfide) groups is 1. The van der Waals surface area contributed by atoms with Crippen LogP contribution in [0.4, 0.5) is 5.69 Å². The molecule has 6 nitrogen and oxygen atoms in total. The Labute approximate surface area is 142 Å². The first-order valence-electron chi connectivity index (χ1n) is 7.16. The van der Waals surface area contributed by atoms with Gasteiger partial charge in [0.25, 0.3) is 0 Å². The number of rotatable bonds is 5. The van der Waals surface area contributed by atoms with Crippen molar-refractivity contribution in [2.45, 2.75) is 36.1 Å². The van der Waals surface area contributed by atoms with Crippen molar-refractivity contribution in [1.82, 2.24) is 15.2 Å². The molecular weight excluding hydrogens is 334 g/mol. The fraction of sp³-hybridized carbons (Fsp3) is 0.333. The smallest absolute Gasteiger partial charge is 0.237 e. The number of amides is 1. The summed E-state index contributed by atoms with van der Waals surface area (Å²) in [6.07, 6.45) is 2.30. The van der Waals surface area contributed by atoms with E-state index in [-0.39, 0.29) is 11.2 Å². The van der Waals surface area contributed by atoms with Crippen LogP contribution < -0.4 is 5.32 Å². The number of nitrogens with one attached hydrogen (secondary N) is 2. The molecule has 0 spiro atoms. The van der Waals surface area contributed by atoms with E-state index in [1.165, 1.54) is 11.8 Å². The topological polar surface area (TPSA) is 94.5 Å². The molecule has 0 unspecified atom stereocenters. The molecule has 1 fully saturated rings. The Kier molecular flexibility index (Phi) is 4.55. The molecule has 0 radical (unpaired) electrons. The average Bonchev–Trinajstić information content (AvgIpc) is 3.27. The number of H-pyrrole nitrogens is 1. The standard InChI is InChI=1S/C15H14ClN5OS/c1-8(23-15-19-13(20-21-15)9-2-3-9)14(22)18-11-5-4-10(7-17)12(16)6-11/h4-6,8-9H,2-3H2,1H3,(H,18,22)(H,19,20,21)/t8-/m1/s1. The van der Waals surface area contributed by atoms with E-state index < -0.39 is 0 Å². The van der Waals surface area contributed by atoms with Crippen molar-refractivity contribution in [2.75, 3.05) is 5.32 Å². The minimum atomic E-state index is -0.354. The third-order valence-corrected chi connectivity index (χ3v) is 4.73. The number of hydrogen-bond acceptors (Lipinski definition) is 5. The number of hydrogen-bond donors (Lipinski definition) is 2. The number of benzene rings is 1. The van der Waals surface area contributed by atoms with Crippen molar-refractivity contribution in [2.24, 2.45) is 0 Å². The van der Waals surface area contributed by atoms with Gasteiger partial charge in [0.05, 0.1) is 15.8 Å². The summed E-state index contributed by atoms with van der Waals surface area (Å²) in [5.74, 6) is 1.23. The highest BCUT2D eigenvalue weighted by Gasteiger charge is 2.27. The lowest BCUT2D eigenvalue weighted by Crippen LogP contribution is -2.22. The van der Waals surface area contributed by atoms with Crippen molar-refractivity contribution >= 4 is 35.0 Å². The fourth-order valence-electron chi connectivity index (χ4n) is 1.99. The molecule has 1 atom stereocenters. The van der Waals surface area contributed by atoms with Crippen LogP contribution in [0.25, 0.3) is 0 Å². The van der Waals surface area contributed by atoms with Crippen molar-refractivity contribution in [1.29, 1.82) is 5.26 Å². The summed E-state index contributed by atoms with van der Waals surface area (Å²) >= 11 is 7.26. The molecule has 1 aliphatic carbocycles. The summed E-state index contributed by atoms with van der Waals surface area (Å²) in [4.78, 5) is 16.6. The highest BCUT2D eigenvalue weighted by atomic mass is 35.5. The largest absolute Gasteiger partial charge is 0.325 e. The first kappa shape index (κ1) is 15.8. The number of nitriles is 1. The zero-order valence-electron chi connectivity index (χ0n) is 12.3. The van der Waals surface area contributed by atoms with Crippen molar-refractivity contribution in [3.63, 3.8) is 0 Å². The number of aromatic nitrogens is 3. The molecule has 0 saturated heterocycles. The van der Waals surface area contributed by atoms with E-state index in [0.717, 1.165) is 18.7 Å². The summed E-state index contributed by atoms with van der Waals surface area (Å²) < 4.78 is 0. The first-order chi connectivity index (χ1) is 11.1. The average molecular weight is 348 g/mol. The zero-order valence-corrected chi connectivity index (χ0v) is 13.9. The predicted octanol–water partition coefficient (Wildman–Crippen LogP) is 3.33. The molecular formula is C15H14ClN5OS. The molecule has 1 heterocycles. The maximum Gasteiger partial charge on any atom is 0.237 e. The molecule has 1 aliphatic rings. The molecule has 2 N–H and O–H groups in total. The van der Waals surface area contributed by atoms with Gasteiger partial charge in [-0.1, -0.05) is 23.4 Å². The summed E-state index contributed by atoms with van der Waals surface area (Å²) in [6.45, 7) is 1.79. The van der Waals surface area contributed by atoms with Gasteiger partial charge in [0.1, 0.15) is 11.9 Å². The fourth-order valence-corrected chi connectivity index (χ4v) is 2.94. The Morgan fingerprint density at radius 3 is 3.00 bits per heavy atom. The highest BCUT2D eigenvalue weighted by molar-refractivity contribution is 8.00. The van der Waals surface area contributed by atoms with Crippen molar-refractivity contribution in [3.05, 3.63) is 34.6 Å². The summed E-state index contributed by atoms with van der Waals surface area (Å²) in [6, 6.07) is 6.77. The number of nitrogens with zero attached hydrogens (tertiary/aromatic N) is 3. The Balaban J connectivity index is 1.60. The maximum atomic E-state index is 12.2. The molecule has 1 aromatic carbocycles. The van der Waals surface area contributed by atoms with E-state index >= 15 is 0 Å². The van der Waals surface area contributed by atoms with Crippen molar-refractivity contribution in [3.8, 4) is 6.07 Å². The van der Waals surface area contributed by atoms with Crippen LogP contribution in [0.2, 0.25) is 5.02 Å². The van der Waals surface area contributed by atoms with Gasteiger partial charge in [0.15, 0.2) is 0 Å². The van der Waals surface area contributed by atoms with Crippen LogP contribution in [0.1, 0.15) is 37.1 Å². The lowest BCUT2D eigenvalue weighted by atomic mass is 10.2. The van der Waals surface area contributed by atoms with Crippen LogP contribution in [-0.2, 0) is 4.79 Å². The van der Waals surface area contributed by atoms with Gasteiger partial charge in [-0.15, -0.1) is 5.10 Å². The third kappa shape index (κ3) is 3.84. The second kappa shape index (κ2) is 6.60. The Hall–Kier alpha value is -2.04. The van der Waals surface area contributed by atoms with Gasteiger partial charge in [-0.3, -0.25) is 9.89 Å². The van der Waals surface area contributed by atoms with Gasteiger partial charge in [-0.25, -0.2) is 4.98 Å². The van der Waals surface area contributed by atoms with Gasteiger partial charge >= 0.3 is 0 Å². The number of carbonyl (C=O) groups is 1. The van der Waals surface area contributed by atoms with Crippen LogP contribution in [0.15, 0.2) is 23.4 Å². The molecule has 2 aromatic rings. The Bertz CT molecular complexity index is 780. The lowest BCUT2D eigenvalue weighted by molar-refractivity contribution is -0.115. The molecule has 8 heteroatoms. The van der Waals surface area contributed by atoms with Gasteiger partial charge in [-0.05, 0) is 38.0 Å². The van der Waals surface area contributed by atoms with Crippen LogP contribution >= 0.6 is 23.4 Å². The van der Waals surface area contributed by atoms with Gasteiger partial charge in [0.2, 0.25) is 11.1 Å². The van der Waals surface area contributed by atoms with Gasteiger partial charge < -0.3 is 5.32 Å². The highest BCUT2D eigenvalue weighted by Crippen LogP contribution is 2.38. The minimum absolute atomic E-state index is 0.173. The predicted molar refractivity (Wildman–Crippen MR) is 88.5 cm³/mol. The monoisotopic (exact) mass is 347 g/mol. The molecule has 1 saturated carbocycles. The zero-order chi connectivity index (χ0) is 16.4. The van der Waals surface area contributed by atoms with E-state index in [4.69, 9.17) is 16.9 Å². The summed E-state index contributed by atoms with van der Waals surface area (Å²) in [5.41, 5.74) is 0.931. The second-order valence-electron chi connectivity index (χ2n) is 5.33. The van der Waals surface area contributed by atoms with Crippen LogP contribution in [0.3, 0.4) is 0 Å². The number of carbonyl (C=O) groups excluding carboxylic acids is 1. The van der Waals surface area contributed by atoms with Crippen LogP contribution in [-0.4, -0.2) is 26.3 Å². The molecule has 0 bridgehead atoms. The Morgan fingerprint density at radius 2 is 2.35 bits per heavy atom.